The van der Waals surface area contributed by atoms with Gasteiger partial charge in [-0.05, 0) is 19.1 Å². The average Bonchev–Trinajstić information content (AvgIpc) is 2.47. The van der Waals surface area contributed by atoms with Crippen molar-refractivity contribution in [3.8, 4) is 17.6 Å². The second-order valence-electron chi connectivity index (χ2n) is 4.05. The molecule has 106 valence electrons. The van der Waals surface area contributed by atoms with Crippen LogP contribution in [-0.4, -0.2) is 33.0 Å². The summed E-state index contributed by atoms with van der Waals surface area (Å²) in [4.78, 5) is 23.7. The molecule has 0 bridgehead atoms. The van der Waals surface area contributed by atoms with Crippen LogP contribution in [0.3, 0.4) is 0 Å². The van der Waals surface area contributed by atoms with Gasteiger partial charge in [0.2, 0.25) is 5.91 Å². The first-order chi connectivity index (χ1) is 9.49. The highest BCUT2D eigenvalue weighted by Gasteiger charge is 2.28. The molecule has 6 heteroatoms. The van der Waals surface area contributed by atoms with E-state index in [0.717, 1.165) is 5.56 Å². The van der Waals surface area contributed by atoms with Crippen molar-refractivity contribution in [1.29, 1.82) is 5.26 Å². The van der Waals surface area contributed by atoms with E-state index in [9.17, 15) is 9.59 Å². The molecule has 1 aromatic carbocycles. The van der Waals surface area contributed by atoms with Crippen LogP contribution in [-0.2, 0) is 4.79 Å². The summed E-state index contributed by atoms with van der Waals surface area (Å²) in [7, 11) is 4.31. The Morgan fingerprint density at radius 2 is 1.75 bits per heavy atom. The van der Waals surface area contributed by atoms with Gasteiger partial charge in [0.15, 0.2) is 11.7 Å². The molecule has 1 atom stereocenters. The number of nitriles is 1. The van der Waals surface area contributed by atoms with E-state index in [1.165, 1.54) is 33.4 Å². The van der Waals surface area contributed by atoms with Crippen molar-refractivity contribution in [2.45, 2.75) is 6.92 Å². The van der Waals surface area contributed by atoms with Gasteiger partial charge in [0, 0.05) is 18.2 Å². The molecule has 0 fully saturated rings. The zero-order valence-corrected chi connectivity index (χ0v) is 11.8. The zero-order valence-electron chi connectivity index (χ0n) is 11.8. The summed E-state index contributed by atoms with van der Waals surface area (Å²) in [6, 6.07) is 4.68. The summed E-state index contributed by atoms with van der Waals surface area (Å²) in [6.07, 6.45) is 0. The van der Waals surface area contributed by atoms with Crippen molar-refractivity contribution in [2.24, 2.45) is 5.92 Å². The number of ketones is 1. The number of Topliss-reactive ketones (excluding diaryl/α,β-unsaturated/α-hetero) is 1. The lowest BCUT2D eigenvalue weighted by atomic mass is 9.96. The maximum absolute atomic E-state index is 12.2. The molecule has 0 aromatic heterocycles. The smallest absolute Gasteiger partial charge is 0.245 e. The molecule has 1 N–H and O–H groups in total. The molecule has 6 nitrogen and oxygen atoms in total. The molecule has 0 aliphatic heterocycles. The van der Waals surface area contributed by atoms with Gasteiger partial charge < -0.3 is 14.8 Å². The van der Waals surface area contributed by atoms with Gasteiger partial charge in [-0.25, -0.2) is 0 Å². The highest BCUT2D eigenvalue weighted by molar-refractivity contribution is 6.12. The number of carbonyl (C=O) groups is 2. The van der Waals surface area contributed by atoms with E-state index in [0.29, 0.717) is 11.5 Å². The number of nitrogens with one attached hydrogen (secondary N) is 1. The third-order valence-electron chi connectivity index (χ3n) is 2.94. The summed E-state index contributed by atoms with van der Waals surface area (Å²) >= 11 is 0. The summed E-state index contributed by atoms with van der Waals surface area (Å²) in [5.41, 5.74) is 0.930. The molecule has 0 radical (unpaired) electrons. The van der Waals surface area contributed by atoms with Crippen molar-refractivity contribution < 1.29 is 19.1 Å². The standard InChI is InChI=1S/C14H16N2O4/c1-8-11(19-3)5-9(6-12(8)20-4)13(17)10(7-15)14(18)16-2/h5-6,10H,1-4H3,(H,16,18). The van der Waals surface area contributed by atoms with Crippen LogP contribution in [0.4, 0.5) is 0 Å². The predicted octanol–water partition coefficient (Wildman–Crippen LogP) is 1.08. The van der Waals surface area contributed by atoms with Gasteiger partial charge in [0.1, 0.15) is 11.5 Å². The van der Waals surface area contributed by atoms with Crippen LogP contribution >= 0.6 is 0 Å². The molecule has 1 rings (SSSR count). The minimum atomic E-state index is -1.39. The second-order valence-corrected chi connectivity index (χ2v) is 4.05. The van der Waals surface area contributed by atoms with Crippen molar-refractivity contribution in [3.63, 3.8) is 0 Å². The molecular formula is C14H16N2O4. The Bertz CT molecular complexity index is 550. The zero-order chi connectivity index (χ0) is 15.3. The maximum Gasteiger partial charge on any atom is 0.245 e. The third-order valence-corrected chi connectivity index (χ3v) is 2.94. The van der Waals surface area contributed by atoms with Crippen LogP contribution in [0.25, 0.3) is 0 Å². The van der Waals surface area contributed by atoms with Crippen LogP contribution in [0, 0.1) is 24.2 Å². The van der Waals surface area contributed by atoms with Crippen LogP contribution < -0.4 is 14.8 Å². The summed E-state index contributed by atoms with van der Waals surface area (Å²) < 4.78 is 10.3. The van der Waals surface area contributed by atoms with Gasteiger partial charge in [-0.2, -0.15) is 5.26 Å². The summed E-state index contributed by atoms with van der Waals surface area (Å²) in [5, 5.41) is 11.3. The fraction of sp³-hybridized carbons (Fsp3) is 0.357. The normalized spacial score (nSPS) is 11.2. The quantitative estimate of drug-likeness (QED) is 0.642. The minimum Gasteiger partial charge on any atom is -0.496 e. The lowest BCUT2D eigenvalue weighted by Gasteiger charge is -2.13. The van der Waals surface area contributed by atoms with E-state index in [2.05, 4.69) is 5.32 Å². The van der Waals surface area contributed by atoms with Crippen molar-refractivity contribution in [2.75, 3.05) is 21.3 Å². The Morgan fingerprint density at radius 3 is 2.10 bits per heavy atom. The number of benzene rings is 1. The molecule has 1 aromatic rings. The fourth-order valence-electron chi connectivity index (χ4n) is 1.78. The first kappa shape index (κ1) is 15.5. The molecule has 0 saturated heterocycles. The first-order valence-corrected chi connectivity index (χ1v) is 5.88. The van der Waals surface area contributed by atoms with E-state index in [1.807, 2.05) is 0 Å². The van der Waals surface area contributed by atoms with Crippen LogP contribution in [0.15, 0.2) is 12.1 Å². The van der Waals surface area contributed by atoms with E-state index < -0.39 is 17.6 Å². The van der Waals surface area contributed by atoms with E-state index in [4.69, 9.17) is 14.7 Å². The van der Waals surface area contributed by atoms with E-state index >= 15 is 0 Å². The number of hydrogen-bond acceptors (Lipinski definition) is 5. The lowest BCUT2D eigenvalue weighted by molar-refractivity contribution is -0.121. The Morgan fingerprint density at radius 1 is 1.25 bits per heavy atom. The number of amides is 1. The van der Waals surface area contributed by atoms with E-state index in [1.54, 1.807) is 13.0 Å². The maximum atomic E-state index is 12.2. The fourth-order valence-corrected chi connectivity index (χ4v) is 1.78. The van der Waals surface area contributed by atoms with Gasteiger partial charge >= 0.3 is 0 Å². The number of rotatable bonds is 5. The van der Waals surface area contributed by atoms with Crippen LogP contribution in [0.1, 0.15) is 15.9 Å². The number of nitrogens with zero attached hydrogens (tertiary/aromatic N) is 1. The molecule has 0 aliphatic rings. The Hall–Kier alpha value is -2.55. The van der Waals surface area contributed by atoms with Gasteiger partial charge in [0.25, 0.3) is 0 Å². The van der Waals surface area contributed by atoms with Crippen molar-refractivity contribution in [1.82, 2.24) is 5.32 Å². The van der Waals surface area contributed by atoms with Gasteiger partial charge in [0.05, 0.1) is 20.3 Å². The third kappa shape index (κ3) is 2.88. The average molecular weight is 276 g/mol. The molecule has 1 unspecified atom stereocenters. The highest BCUT2D eigenvalue weighted by atomic mass is 16.5. The minimum absolute atomic E-state index is 0.194. The number of methoxy groups -OCH3 is 2. The lowest BCUT2D eigenvalue weighted by Crippen LogP contribution is -2.32. The topological polar surface area (TPSA) is 88.4 Å². The Labute approximate surface area is 117 Å². The number of carbonyl (C=O) groups excluding carboxylic acids is 2. The van der Waals surface area contributed by atoms with E-state index in [-0.39, 0.29) is 5.56 Å². The van der Waals surface area contributed by atoms with Crippen molar-refractivity contribution >= 4 is 11.7 Å². The molecule has 0 saturated carbocycles. The molecule has 0 heterocycles. The highest BCUT2D eigenvalue weighted by Crippen LogP contribution is 2.30. The Kier molecular flexibility index (Phi) is 5.09. The number of hydrogen-bond donors (Lipinski definition) is 1. The van der Waals surface area contributed by atoms with Crippen LogP contribution in [0.5, 0.6) is 11.5 Å². The molecular weight excluding hydrogens is 260 g/mol. The SMILES string of the molecule is CNC(=O)C(C#N)C(=O)c1cc(OC)c(C)c(OC)c1. The largest absolute Gasteiger partial charge is 0.496 e. The second kappa shape index (κ2) is 6.57. The molecule has 0 spiro atoms. The summed E-state index contributed by atoms with van der Waals surface area (Å²) in [5.74, 6) is -1.71. The molecule has 0 aliphatic carbocycles. The predicted molar refractivity (Wildman–Crippen MR) is 71.8 cm³/mol. The van der Waals surface area contributed by atoms with Gasteiger partial charge in [-0.15, -0.1) is 0 Å². The monoisotopic (exact) mass is 276 g/mol. The summed E-state index contributed by atoms with van der Waals surface area (Å²) in [6.45, 7) is 1.78. The molecule has 20 heavy (non-hydrogen) atoms. The van der Waals surface area contributed by atoms with Crippen LogP contribution in [0.2, 0.25) is 0 Å². The Balaban J connectivity index is 3.29. The number of ether oxygens (including phenoxy) is 2. The van der Waals surface area contributed by atoms with Gasteiger partial charge in [-0.1, -0.05) is 0 Å². The first-order valence-electron chi connectivity index (χ1n) is 5.88. The molecule has 1 amide bonds. The van der Waals surface area contributed by atoms with Gasteiger partial charge in [-0.3, -0.25) is 9.59 Å². The van der Waals surface area contributed by atoms with Crippen molar-refractivity contribution in [3.05, 3.63) is 23.3 Å².